The second kappa shape index (κ2) is 14.9. The third-order valence-corrected chi connectivity index (χ3v) is 3.88. The molecule has 0 atom stereocenters. The molecule has 0 aromatic carbocycles. The van der Waals surface area contributed by atoms with Gasteiger partial charge in [-0.2, -0.15) is 0 Å². The highest BCUT2D eigenvalue weighted by Gasteiger charge is 2.11. The topological polar surface area (TPSA) is 20.3 Å². The summed E-state index contributed by atoms with van der Waals surface area (Å²) in [5.41, 5.74) is 0. The van der Waals surface area contributed by atoms with Crippen molar-refractivity contribution >= 4 is 5.91 Å². The first kappa shape index (κ1) is 19.5. The van der Waals surface area contributed by atoms with Gasteiger partial charge in [-0.05, 0) is 19.3 Å². The van der Waals surface area contributed by atoms with Crippen molar-refractivity contribution in [2.24, 2.45) is 0 Å². The molecule has 0 bridgehead atoms. The highest BCUT2D eigenvalue weighted by molar-refractivity contribution is 5.76. The molecule has 2 nitrogen and oxygen atoms in total. The van der Waals surface area contributed by atoms with Crippen LogP contribution in [-0.2, 0) is 4.79 Å². The van der Waals surface area contributed by atoms with Crippen LogP contribution in [-0.4, -0.2) is 23.9 Å². The molecular formula is C18H37NO. The van der Waals surface area contributed by atoms with Gasteiger partial charge in [0.05, 0.1) is 0 Å². The Hall–Kier alpha value is -0.530. The average Bonchev–Trinajstić information content (AvgIpc) is 2.44. The zero-order valence-corrected chi connectivity index (χ0v) is 14.3. The van der Waals surface area contributed by atoms with Crippen LogP contribution >= 0.6 is 0 Å². The maximum absolute atomic E-state index is 12.1. The molecule has 0 aromatic rings. The molecule has 0 heterocycles. The zero-order chi connectivity index (χ0) is 15.1. The van der Waals surface area contributed by atoms with E-state index in [0.29, 0.717) is 5.91 Å². The monoisotopic (exact) mass is 283 g/mol. The number of hydrogen-bond acceptors (Lipinski definition) is 1. The Morgan fingerprint density at radius 1 is 0.650 bits per heavy atom. The summed E-state index contributed by atoms with van der Waals surface area (Å²) in [6.07, 6.45) is 14.5. The smallest absolute Gasteiger partial charge is 0.222 e. The molecular weight excluding hydrogens is 246 g/mol. The van der Waals surface area contributed by atoms with Crippen LogP contribution in [0.3, 0.4) is 0 Å². The lowest BCUT2D eigenvalue weighted by Gasteiger charge is -2.22. The fourth-order valence-electron chi connectivity index (χ4n) is 2.55. The fourth-order valence-corrected chi connectivity index (χ4v) is 2.55. The van der Waals surface area contributed by atoms with Gasteiger partial charge in [0.25, 0.3) is 0 Å². The lowest BCUT2D eigenvalue weighted by atomic mass is 10.1. The largest absolute Gasteiger partial charge is 0.343 e. The predicted octanol–water partition coefficient (Wildman–Crippen LogP) is 5.56. The molecule has 0 aromatic heterocycles. The number of nitrogens with zero attached hydrogens (tertiary/aromatic N) is 1. The molecule has 0 aliphatic heterocycles. The molecule has 120 valence electrons. The molecule has 0 unspecified atom stereocenters. The van der Waals surface area contributed by atoms with E-state index in [1.165, 1.54) is 64.2 Å². The third kappa shape index (κ3) is 11.3. The predicted molar refractivity (Wildman–Crippen MR) is 89.0 cm³/mol. The van der Waals surface area contributed by atoms with Crippen molar-refractivity contribution in [2.45, 2.75) is 97.8 Å². The Morgan fingerprint density at radius 3 is 1.50 bits per heavy atom. The average molecular weight is 284 g/mol. The number of carbonyl (C=O) groups excluding carboxylic acids is 1. The van der Waals surface area contributed by atoms with Gasteiger partial charge in [0.15, 0.2) is 0 Å². The molecule has 0 aliphatic carbocycles. The number of carbonyl (C=O) groups is 1. The van der Waals surface area contributed by atoms with E-state index in [1.807, 2.05) is 0 Å². The molecule has 0 aliphatic rings. The standard InChI is InChI=1S/C18H37NO/c1-4-7-9-11-13-16-19(18(20)15-6-3)17-14-12-10-8-5-2/h4-17H2,1-3H3. The molecule has 20 heavy (non-hydrogen) atoms. The first-order valence-electron chi connectivity index (χ1n) is 9.04. The number of rotatable bonds is 14. The van der Waals surface area contributed by atoms with E-state index in [1.54, 1.807) is 0 Å². The lowest BCUT2D eigenvalue weighted by Crippen LogP contribution is -2.32. The Morgan fingerprint density at radius 2 is 1.10 bits per heavy atom. The lowest BCUT2D eigenvalue weighted by molar-refractivity contribution is -0.131. The van der Waals surface area contributed by atoms with Crippen molar-refractivity contribution in [3.63, 3.8) is 0 Å². The highest BCUT2D eigenvalue weighted by atomic mass is 16.2. The molecule has 2 heteroatoms. The molecule has 0 spiro atoms. The van der Waals surface area contributed by atoms with Gasteiger partial charge in [-0.15, -0.1) is 0 Å². The molecule has 0 radical (unpaired) electrons. The van der Waals surface area contributed by atoms with Crippen LogP contribution in [0.1, 0.15) is 97.8 Å². The molecule has 0 fully saturated rings. The molecule has 0 saturated carbocycles. The normalized spacial score (nSPS) is 10.8. The molecule has 0 rings (SSSR count). The van der Waals surface area contributed by atoms with Gasteiger partial charge in [-0.1, -0.05) is 72.1 Å². The van der Waals surface area contributed by atoms with Gasteiger partial charge in [0, 0.05) is 19.5 Å². The maximum Gasteiger partial charge on any atom is 0.222 e. The Bertz CT molecular complexity index is 201. The second-order valence-corrected chi connectivity index (χ2v) is 5.96. The van der Waals surface area contributed by atoms with E-state index in [0.717, 1.165) is 25.9 Å². The van der Waals surface area contributed by atoms with E-state index >= 15 is 0 Å². The summed E-state index contributed by atoms with van der Waals surface area (Å²) in [5, 5.41) is 0. The SMILES string of the molecule is CCCCCCCN(CCCCCCC)C(=O)CCC. The van der Waals surface area contributed by atoms with Crippen LogP contribution < -0.4 is 0 Å². The van der Waals surface area contributed by atoms with Gasteiger partial charge in [0.2, 0.25) is 5.91 Å². The van der Waals surface area contributed by atoms with Crippen LogP contribution in [0, 0.1) is 0 Å². The van der Waals surface area contributed by atoms with Crippen molar-refractivity contribution in [1.29, 1.82) is 0 Å². The molecule has 0 N–H and O–H groups in total. The van der Waals surface area contributed by atoms with Crippen LogP contribution in [0.2, 0.25) is 0 Å². The highest BCUT2D eigenvalue weighted by Crippen LogP contribution is 2.09. The van der Waals surface area contributed by atoms with Crippen molar-refractivity contribution in [3.8, 4) is 0 Å². The summed E-state index contributed by atoms with van der Waals surface area (Å²) < 4.78 is 0. The number of hydrogen-bond donors (Lipinski definition) is 0. The van der Waals surface area contributed by atoms with Gasteiger partial charge < -0.3 is 4.90 Å². The quantitative estimate of drug-likeness (QED) is 0.382. The summed E-state index contributed by atoms with van der Waals surface area (Å²) in [5.74, 6) is 0.374. The fraction of sp³-hybridized carbons (Fsp3) is 0.944. The van der Waals surface area contributed by atoms with Gasteiger partial charge in [-0.25, -0.2) is 0 Å². The Kier molecular flexibility index (Phi) is 14.5. The Labute approximate surface area is 127 Å². The minimum absolute atomic E-state index is 0.374. The van der Waals surface area contributed by atoms with Crippen molar-refractivity contribution in [2.75, 3.05) is 13.1 Å². The van der Waals surface area contributed by atoms with E-state index in [4.69, 9.17) is 0 Å². The maximum atomic E-state index is 12.1. The zero-order valence-electron chi connectivity index (χ0n) is 14.3. The van der Waals surface area contributed by atoms with Gasteiger partial charge in [-0.3, -0.25) is 4.79 Å². The van der Waals surface area contributed by atoms with Crippen LogP contribution in [0.5, 0.6) is 0 Å². The molecule has 1 amide bonds. The van der Waals surface area contributed by atoms with E-state index in [9.17, 15) is 4.79 Å². The van der Waals surface area contributed by atoms with Gasteiger partial charge >= 0.3 is 0 Å². The summed E-state index contributed by atoms with van der Waals surface area (Å²) in [4.78, 5) is 14.2. The summed E-state index contributed by atoms with van der Waals surface area (Å²) in [6, 6.07) is 0. The van der Waals surface area contributed by atoms with Crippen LogP contribution in [0.15, 0.2) is 0 Å². The number of amides is 1. The summed E-state index contributed by atoms with van der Waals surface area (Å²) in [7, 11) is 0. The second-order valence-electron chi connectivity index (χ2n) is 5.96. The first-order chi connectivity index (χ1) is 9.76. The van der Waals surface area contributed by atoms with Crippen LogP contribution in [0.25, 0.3) is 0 Å². The van der Waals surface area contributed by atoms with Crippen LogP contribution in [0.4, 0.5) is 0 Å². The minimum atomic E-state index is 0.374. The van der Waals surface area contributed by atoms with E-state index in [-0.39, 0.29) is 0 Å². The van der Waals surface area contributed by atoms with Crippen molar-refractivity contribution in [1.82, 2.24) is 4.90 Å². The Balaban J connectivity index is 3.85. The first-order valence-corrected chi connectivity index (χ1v) is 9.04. The van der Waals surface area contributed by atoms with Crippen molar-refractivity contribution in [3.05, 3.63) is 0 Å². The summed E-state index contributed by atoms with van der Waals surface area (Å²) in [6.45, 7) is 8.55. The summed E-state index contributed by atoms with van der Waals surface area (Å²) >= 11 is 0. The van der Waals surface area contributed by atoms with Crippen molar-refractivity contribution < 1.29 is 4.79 Å². The molecule has 0 saturated heterocycles. The van der Waals surface area contributed by atoms with Gasteiger partial charge in [0.1, 0.15) is 0 Å². The third-order valence-electron chi connectivity index (χ3n) is 3.88. The van der Waals surface area contributed by atoms with E-state index < -0.39 is 0 Å². The van der Waals surface area contributed by atoms with E-state index in [2.05, 4.69) is 25.7 Å². The number of unbranched alkanes of at least 4 members (excludes halogenated alkanes) is 8. The minimum Gasteiger partial charge on any atom is -0.343 e.